The van der Waals surface area contributed by atoms with Crippen LogP contribution in [0.25, 0.3) is 22.5 Å². The first kappa shape index (κ1) is 23.3. The minimum atomic E-state index is 0.515. The maximum Gasteiger partial charge on any atom is 0.254 e. The number of rotatable bonds is 7. The van der Waals surface area contributed by atoms with Crippen LogP contribution in [-0.4, -0.2) is 31.3 Å². The Bertz CT molecular complexity index is 1780. The van der Waals surface area contributed by atoms with Crippen molar-refractivity contribution in [2.45, 2.75) is 20.0 Å². The number of nitrogens with zero attached hydrogens (tertiary/aromatic N) is 7. The van der Waals surface area contributed by atoms with E-state index in [0.29, 0.717) is 30.2 Å². The summed E-state index contributed by atoms with van der Waals surface area (Å²) in [4.78, 5) is 11.9. The summed E-state index contributed by atoms with van der Waals surface area (Å²) in [5.74, 6) is 2.05. The molecule has 0 aliphatic carbocycles. The van der Waals surface area contributed by atoms with E-state index in [9.17, 15) is 5.26 Å². The van der Waals surface area contributed by atoms with Crippen molar-refractivity contribution in [2.24, 2.45) is 0 Å². The van der Waals surface area contributed by atoms with Crippen LogP contribution in [-0.2, 0) is 13.1 Å². The van der Waals surface area contributed by atoms with E-state index in [4.69, 9.17) is 14.8 Å². The highest BCUT2D eigenvalue weighted by Crippen LogP contribution is 2.28. The average molecular weight is 500 g/mol. The maximum atomic E-state index is 9.63. The molecule has 0 radical (unpaired) electrons. The van der Waals surface area contributed by atoms with Gasteiger partial charge in [0.05, 0.1) is 24.3 Å². The zero-order valence-electron chi connectivity index (χ0n) is 21.1. The Morgan fingerprint density at radius 1 is 0.947 bits per heavy atom. The number of nitriles is 1. The molecule has 186 valence electrons. The lowest BCUT2D eigenvalue weighted by Gasteiger charge is -2.25. The number of aromatic nitrogens is 5. The minimum absolute atomic E-state index is 0.515. The molecule has 3 aromatic carbocycles. The van der Waals surface area contributed by atoms with Gasteiger partial charge in [-0.1, -0.05) is 48.5 Å². The number of fused-ring (bicyclic) bond motifs is 2. The SMILES string of the molecule is COc1ccc(CN(Cc2ccccc2)c2nc(-n3c(C)cc4c(C#N)cccc43)nn3ccnc23)cc1. The number of hydrogen-bond donors (Lipinski definition) is 0. The summed E-state index contributed by atoms with van der Waals surface area (Å²) >= 11 is 0. The highest BCUT2D eigenvalue weighted by Gasteiger charge is 2.20. The van der Waals surface area contributed by atoms with Crippen molar-refractivity contribution < 1.29 is 4.74 Å². The van der Waals surface area contributed by atoms with E-state index in [0.717, 1.165) is 39.3 Å². The molecule has 0 saturated carbocycles. The van der Waals surface area contributed by atoms with Crippen LogP contribution in [0, 0.1) is 18.3 Å². The van der Waals surface area contributed by atoms with Crippen molar-refractivity contribution in [3.63, 3.8) is 0 Å². The van der Waals surface area contributed by atoms with Crippen molar-refractivity contribution >= 4 is 22.4 Å². The maximum absolute atomic E-state index is 9.63. The van der Waals surface area contributed by atoms with Crippen LogP contribution >= 0.6 is 0 Å². The smallest absolute Gasteiger partial charge is 0.254 e. The quantitative estimate of drug-likeness (QED) is 0.290. The number of aryl methyl sites for hydroxylation is 1. The van der Waals surface area contributed by atoms with Crippen molar-refractivity contribution in [2.75, 3.05) is 12.0 Å². The van der Waals surface area contributed by atoms with Gasteiger partial charge in [-0.15, -0.1) is 5.10 Å². The lowest BCUT2D eigenvalue weighted by Crippen LogP contribution is -2.25. The van der Waals surface area contributed by atoms with Crippen LogP contribution in [0.4, 0.5) is 5.82 Å². The predicted molar refractivity (Wildman–Crippen MR) is 146 cm³/mol. The number of anilines is 1. The molecule has 0 aliphatic heterocycles. The van der Waals surface area contributed by atoms with Crippen molar-refractivity contribution in [3.05, 3.63) is 114 Å². The molecule has 8 heteroatoms. The Balaban J connectivity index is 1.51. The van der Waals surface area contributed by atoms with E-state index < -0.39 is 0 Å². The zero-order chi connectivity index (χ0) is 26.1. The third-order valence-corrected chi connectivity index (χ3v) is 6.62. The Labute approximate surface area is 220 Å². The molecule has 8 nitrogen and oxygen atoms in total. The first-order valence-corrected chi connectivity index (χ1v) is 12.3. The third kappa shape index (κ3) is 4.20. The Hall–Kier alpha value is -5.16. The van der Waals surface area contributed by atoms with Gasteiger partial charge in [0.1, 0.15) is 5.75 Å². The summed E-state index contributed by atoms with van der Waals surface area (Å²) in [6.45, 7) is 3.25. The summed E-state index contributed by atoms with van der Waals surface area (Å²) in [6, 6.07) is 28.4. The first-order chi connectivity index (χ1) is 18.6. The molecule has 6 rings (SSSR count). The van der Waals surface area contributed by atoms with E-state index in [2.05, 4.69) is 40.2 Å². The van der Waals surface area contributed by atoms with Gasteiger partial charge in [0, 0.05) is 36.6 Å². The van der Waals surface area contributed by atoms with E-state index in [1.54, 1.807) is 17.8 Å². The molecule has 3 aromatic heterocycles. The average Bonchev–Trinajstić information content (AvgIpc) is 3.56. The topological polar surface area (TPSA) is 84.3 Å². The highest BCUT2D eigenvalue weighted by molar-refractivity contribution is 5.88. The highest BCUT2D eigenvalue weighted by atomic mass is 16.5. The molecule has 0 bridgehead atoms. The van der Waals surface area contributed by atoms with Gasteiger partial charge in [0.15, 0.2) is 11.5 Å². The first-order valence-electron chi connectivity index (χ1n) is 12.3. The molecule has 0 amide bonds. The molecule has 0 aliphatic rings. The van der Waals surface area contributed by atoms with Crippen LogP contribution in [0.1, 0.15) is 22.4 Å². The summed E-state index contributed by atoms with van der Waals surface area (Å²) in [5, 5.41) is 15.3. The molecule has 0 spiro atoms. The second-order valence-electron chi connectivity index (χ2n) is 9.09. The summed E-state index contributed by atoms with van der Waals surface area (Å²) in [7, 11) is 1.67. The molecular weight excluding hydrogens is 474 g/mol. The Morgan fingerprint density at radius 2 is 1.71 bits per heavy atom. The molecule has 0 saturated heterocycles. The summed E-state index contributed by atoms with van der Waals surface area (Å²) in [6.07, 6.45) is 3.57. The predicted octanol–water partition coefficient (Wildman–Crippen LogP) is 5.46. The van der Waals surface area contributed by atoms with Gasteiger partial charge < -0.3 is 9.64 Å². The molecule has 0 atom stereocenters. The fourth-order valence-corrected chi connectivity index (χ4v) is 4.79. The molecule has 6 aromatic rings. The van der Waals surface area contributed by atoms with Crippen LogP contribution in [0.2, 0.25) is 0 Å². The van der Waals surface area contributed by atoms with Crippen LogP contribution in [0.5, 0.6) is 5.75 Å². The molecule has 38 heavy (non-hydrogen) atoms. The summed E-state index contributed by atoms with van der Waals surface area (Å²) in [5.41, 5.74) is 5.40. The van der Waals surface area contributed by atoms with E-state index in [-0.39, 0.29) is 0 Å². The number of imidazole rings is 1. The third-order valence-electron chi connectivity index (χ3n) is 6.62. The number of ether oxygens (including phenoxy) is 1. The van der Waals surface area contributed by atoms with Gasteiger partial charge in [0.25, 0.3) is 5.95 Å². The standard InChI is InChI=1S/C30H25N7O/c1-21-17-26-24(18-31)9-6-10-27(26)37(21)30-33-29(28-32-15-16-36(28)34-30)35(19-22-7-4-3-5-8-22)20-23-11-13-25(38-2)14-12-23/h3-17H,19-20H2,1-2H3. The number of methoxy groups -OCH3 is 1. The lowest BCUT2D eigenvalue weighted by molar-refractivity contribution is 0.414. The Kier molecular flexibility index (Phi) is 5.94. The van der Waals surface area contributed by atoms with Gasteiger partial charge in [-0.05, 0) is 48.4 Å². The second kappa shape index (κ2) is 9.71. The zero-order valence-corrected chi connectivity index (χ0v) is 21.1. The van der Waals surface area contributed by atoms with Crippen molar-refractivity contribution in [1.82, 2.24) is 24.1 Å². The number of benzene rings is 3. The fourth-order valence-electron chi connectivity index (χ4n) is 4.79. The largest absolute Gasteiger partial charge is 0.497 e. The Morgan fingerprint density at radius 3 is 2.45 bits per heavy atom. The molecule has 0 fully saturated rings. The van der Waals surface area contributed by atoms with Gasteiger partial charge >= 0.3 is 0 Å². The van der Waals surface area contributed by atoms with Gasteiger partial charge in [-0.2, -0.15) is 10.2 Å². The van der Waals surface area contributed by atoms with E-state index >= 15 is 0 Å². The van der Waals surface area contributed by atoms with Crippen LogP contribution in [0.3, 0.4) is 0 Å². The normalized spacial score (nSPS) is 11.1. The fraction of sp³-hybridized carbons (Fsp3) is 0.133. The van der Waals surface area contributed by atoms with E-state index in [1.807, 2.05) is 72.3 Å². The van der Waals surface area contributed by atoms with Crippen molar-refractivity contribution in [3.8, 4) is 17.8 Å². The van der Waals surface area contributed by atoms with Crippen molar-refractivity contribution in [1.29, 1.82) is 5.26 Å². The molecule has 3 heterocycles. The second-order valence-corrected chi connectivity index (χ2v) is 9.09. The van der Waals surface area contributed by atoms with Gasteiger partial charge in [-0.25, -0.2) is 9.50 Å². The number of hydrogen-bond acceptors (Lipinski definition) is 6. The van der Waals surface area contributed by atoms with Gasteiger partial charge in [-0.3, -0.25) is 4.57 Å². The molecule has 0 N–H and O–H groups in total. The van der Waals surface area contributed by atoms with Gasteiger partial charge in [0.2, 0.25) is 0 Å². The monoisotopic (exact) mass is 499 g/mol. The van der Waals surface area contributed by atoms with Crippen LogP contribution < -0.4 is 9.64 Å². The molecular formula is C30H25N7O. The minimum Gasteiger partial charge on any atom is -0.497 e. The summed E-state index contributed by atoms with van der Waals surface area (Å²) < 4.78 is 9.11. The van der Waals surface area contributed by atoms with Crippen LogP contribution in [0.15, 0.2) is 91.3 Å². The van der Waals surface area contributed by atoms with E-state index in [1.165, 1.54) is 0 Å². The molecule has 0 unspecified atom stereocenters. The lowest BCUT2D eigenvalue weighted by atomic mass is 10.1.